The molecule has 3 N–H and O–H groups in total. The van der Waals surface area contributed by atoms with Crippen LogP contribution in [0.1, 0.15) is 27.4 Å². The van der Waals surface area contributed by atoms with Crippen LogP contribution < -0.4 is 11.1 Å². The molecule has 1 aliphatic carbocycles. The summed E-state index contributed by atoms with van der Waals surface area (Å²) in [6, 6.07) is 11.3. The summed E-state index contributed by atoms with van der Waals surface area (Å²) >= 11 is 12.0. The molecule has 0 saturated carbocycles. The smallest absolute Gasteiger partial charge is 0.252 e. The quantitative estimate of drug-likeness (QED) is 0.848. The van der Waals surface area contributed by atoms with Gasteiger partial charge in [0, 0.05) is 18.2 Å². The van der Waals surface area contributed by atoms with Crippen molar-refractivity contribution < 1.29 is 4.79 Å². The van der Waals surface area contributed by atoms with E-state index in [1.165, 1.54) is 23.3 Å². The molecule has 21 heavy (non-hydrogen) atoms. The molecular weight excluding hydrogens is 307 g/mol. The van der Waals surface area contributed by atoms with E-state index < -0.39 is 0 Å². The Hall–Kier alpha value is -1.71. The van der Waals surface area contributed by atoms with Crippen LogP contribution in [0, 0.1) is 0 Å². The fourth-order valence-corrected chi connectivity index (χ4v) is 3.05. The molecule has 1 unspecified atom stereocenters. The van der Waals surface area contributed by atoms with Crippen molar-refractivity contribution in [1.82, 2.24) is 5.32 Å². The molecule has 0 radical (unpaired) electrons. The third-order valence-electron chi connectivity index (χ3n) is 3.77. The number of halogens is 2. The minimum atomic E-state index is -0.251. The average molecular weight is 321 g/mol. The average Bonchev–Trinajstić information content (AvgIpc) is 2.43. The van der Waals surface area contributed by atoms with Crippen LogP contribution in [0.3, 0.4) is 0 Å². The van der Waals surface area contributed by atoms with E-state index in [1.54, 1.807) is 0 Å². The van der Waals surface area contributed by atoms with Gasteiger partial charge in [0.25, 0.3) is 5.91 Å². The molecule has 0 bridgehead atoms. The third kappa shape index (κ3) is 2.71. The first-order chi connectivity index (χ1) is 10.1. The normalized spacial score (nSPS) is 16.0. The Morgan fingerprint density at radius 1 is 1.29 bits per heavy atom. The fraction of sp³-hybridized carbons (Fsp3) is 0.188. The number of nitrogen functional groups attached to an aromatic ring is 1. The summed E-state index contributed by atoms with van der Waals surface area (Å²) in [5.41, 5.74) is 9.08. The van der Waals surface area contributed by atoms with Crippen molar-refractivity contribution in [1.29, 1.82) is 0 Å². The predicted molar refractivity (Wildman–Crippen MR) is 86.1 cm³/mol. The van der Waals surface area contributed by atoms with Gasteiger partial charge in [-0.1, -0.05) is 47.5 Å². The van der Waals surface area contributed by atoms with Crippen molar-refractivity contribution in [2.75, 3.05) is 12.3 Å². The van der Waals surface area contributed by atoms with Crippen LogP contribution in [0.5, 0.6) is 0 Å². The highest BCUT2D eigenvalue weighted by Gasteiger charge is 2.26. The standard InChI is InChI=1S/C16H14Cl2N2O/c17-14-7-11(19)6-13(15(14)18)16(21)20-8-10-5-9-3-1-2-4-12(9)10/h1-4,6-7,10H,5,8,19H2,(H,20,21). The maximum absolute atomic E-state index is 12.2. The lowest BCUT2D eigenvalue weighted by molar-refractivity contribution is 0.0950. The molecule has 0 saturated heterocycles. The lowest BCUT2D eigenvalue weighted by Crippen LogP contribution is -2.33. The van der Waals surface area contributed by atoms with E-state index in [0.29, 0.717) is 23.7 Å². The third-order valence-corrected chi connectivity index (χ3v) is 4.57. The van der Waals surface area contributed by atoms with Gasteiger partial charge in [0.1, 0.15) is 0 Å². The van der Waals surface area contributed by atoms with Gasteiger partial charge in [-0.05, 0) is 29.7 Å². The first kappa shape index (κ1) is 14.2. The van der Waals surface area contributed by atoms with Crippen molar-refractivity contribution >= 4 is 34.8 Å². The van der Waals surface area contributed by atoms with Gasteiger partial charge in [0.2, 0.25) is 0 Å². The van der Waals surface area contributed by atoms with Crippen molar-refractivity contribution in [3.05, 3.63) is 63.1 Å². The zero-order valence-corrected chi connectivity index (χ0v) is 12.7. The number of fused-ring (bicyclic) bond motifs is 1. The Kier molecular flexibility index (Phi) is 3.79. The summed E-state index contributed by atoms with van der Waals surface area (Å²) in [6.45, 7) is 0.582. The maximum atomic E-state index is 12.2. The molecule has 1 atom stereocenters. The monoisotopic (exact) mass is 320 g/mol. The lowest BCUT2D eigenvalue weighted by atomic mass is 9.77. The topological polar surface area (TPSA) is 55.1 Å². The van der Waals surface area contributed by atoms with Gasteiger partial charge in [-0.15, -0.1) is 0 Å². The summed E-state index contributed by atoms with van der Waals surface area (Å²) in [4.78, 5) is 12.2. The predicted octanol–water partition coefficient (Wildman–Crippen LogP) is 3.65. The van der Waals surface area contributed by atoms with Gasteiger partial charge in [-0.2, -0.15) is 0 Å². The second-order valence-electron chi connectivity index (χ2n) is 5.17. The first-order valence-corrected chi connectivity index (χ1v) is 7.42. The molecular formula is C16H14Cl2N2O. The van der Waals surface area contributed by atoms with Crippen LogP contribution in [-0.4, -0.2) is 12.5 Å². The molecule has 0 aliphatic heterocycles. The van der Waals surface area contributed by atoms with Gasteiger partial charge >= 0.3 is 0 Å². The highest BCUT2D eigenvalue weighted by molar-refractivity contribution is 6.44. The van der Waals surface area contributed by atoms with Crippen LogP contribution in [0.25, 0.3) is 0 Å². The van der Waals surface area contributed by atoms with E-state index in [0.717, 1.165) is 6.42 Å². The van der Waals surface area contributed by atoms with Gasteiger partial charge < -0.3 is 11.1 Å². The Morgan fingerprint density at radius 2 is 2.05 bits per heavy atom. The number of benzene rings is 2. The van der Waals surface area contributed by atoms with Gasteiger partial charge in [0.15, 0.2) is 0 Å². The molecule has 0 spiro atoms. The lowest BCUT2D eigenvalue weighted by Gasteiger charge is -2.30. The number of nitrogens with one attached hydrogen (secondary N) is 1. The molecule has 1 amide bonds. The Balaban J connectivity index is 1.69. The number of carbonyl (C=O) groups is 1. The Labute approximate surface area is 133 Å². The first-order valence-electron chi connectivity index (χ1n) is 6.67. The molecule has 0 heterocycles. The molecule has 0 aromatic heterocycles. The zero-order chi connectivity index (χ0) is 15.0. The zero-order valence-electron chi connectivity index (χ0n) is 11.2. The van der Waals surface area contributed by atoms with E-state index >= 15 is 0 Å². The molecule has 1 aliphatic rings. The van der Waals surface area contributed by atoms with E-state index in [-0.39, 0.29) is 16.0 Å². The molecule has 3 rings (SSSR count). The van der Waals surface area contributed by atoms with E-state index in [4.69, 9.17) is 28.9 Å². The van der Waals surface area contributed by atoms with Crippen molar-refractivity contribution in [3.63, 3.8) is 0 Å². The second-order valence-corrected chi connectivity index (χ2v) is 5.96. The van der Waals surface area contributed by atoms with Crippen LogP contribution in [-0.2, 0) is 6.42 Å². The number of hydrogen-bond acceptors (Lipinski definition) is 2. The number of anilines is 1. The minimum absolute atomic E-state index is 0.234. The van der Waals surface area contributed by atoms with Crippen LogP contribution in [0.2, 0.25) is 10.0 Å². The largest absolute Gasteiger partial charge is 0.399 e. The van der Waals surface area contributed by atoms with Gasteiger partial charge in [0.05, 0.1) is 15.6 Å². The molecule has 2 aromatic carbocycles. The summed E-state index contributed by atoms with van der Waals surface area (Å²) in [6.07, 6.45) is 0.988. The van der Waals surface area contributed by atoms with Crippen LogP contribution in [0.15, 0.2) is 36.4 Å². The fourth-order valence-electron chi connectivity index (χ4n) is 2.63. The second kappa shape index (κ2) is 5.58. The number of hydrogen-bond donors (Lipinski definition) is 2. The number of amides is 1. The Morgan fingerprint density at radius 3 is 2.81 bits per heavy atom. The summed E-state index contributed by atoms with van der Waals surface area (Å²) < 4.78 is 0. The highest BCUT2D eigenvalue weighted by Crippen LogP contribution is 2.34. The van der Waals surface area contributed by atoms with Crippen LogP contribution >= 0.6 is 23.2 Å². The number of rotatable bonds is 3. The summed E-state index contributed by atoms with van der Waals surface area (Å²) in [5.74, 6) is 0.110. The highest BCUT2D eigenvalue weighted by atomic mass is 35.5. The van der Waals surface area contributed by atoms with E-state index in [9.17, 15) is 4.79 Å². The van der Waals surface area contributed by atoms with Gasteiger partial charge in [-0.25, -0.2) is 0 Å². The summed E-state index contributed by atoms with van der Waals surface area (Å²) in [7, 11) is 0. The molecule has 5 heteroatoms. The van der Waals surface area contributed by atoms with Crippen molar-refractivity contribution in [2.45, 2.75) is 12.3 Å². The van der Waals surface area contributed by atoms with E-state index in [1.807, 2.05) is 12.1 Å². The van der Waals surface area contributed by atoms with Gasteiger partial charge in [-0.3, -0.25) is 4.79 Å². The van der Waals surface area contributed by atoms with Crippen molar-refractivity contribution in [2.24, 2.45) is 0 Å². The molecule has 2 aromatic rings. The van der Waals surface area contributed by atoms with E-state index in [2.05, 4.69) is 17.4 Å². The molecule has 3 nitrogen and oxygen atoms in total. The summed E-state index contributed by atoms with van der Waals surface area (Å²) in [5, 5.41) is 3.42. The number of nitrogens with two attached hydrogens (primary N) is 1. The SMILES string of the molecule is Nc1cc(Cl)c(Cl)c(C(=O)NCC2Cc3ccccc32)c1. The minimum Gasteiger partial charge on any atom is -0.399 e. The van der Waals surface area contributed by atoms with Crippen molar-refractivity contribution in [3.8, 4) is 0 Å². The Bertz CT molecular complexity index is 715. The maximum Gasteiger partial charge on any atom is 0.252 e. The van der Waals surface area contributed by atoms with Crippen LogP contribution in [0.4, 0.5) is 5.69 Å². The number of carbonyl (C=O) groups excluding carboxylic acids is 1. The molecule has 0 fully saturated rings. The molecule has 108 valence electrons.